The van der Waals surface area contributed by atoms with Gasteiger partial charge in [0.1, 0.15) is 12.2 Å². The van der Waals surface area contributed by atoms with E-state index in [2.05, 4.69) is 22.0 Å². The van der Waals surface area contributed by atoms with Crippen LogP contribution in [-0.2, 0) is 11.3 Å². The lowest BCUT2D eigenvalue weighted by Crippen LogP contribution is -2.34. The van der Waals surface area contributed by atoms with Gasteiger partial charge in [0.05, 0.1) is 9.71 Å². The van der Waals surface area contributed by atoms with Crippen molar-refractivity contribution in [2.24, 2.45) is 0 Å². The van der Waals surface area contributed by atoms with Crippen LogP contribution < -0.4 is 10.9 Å². The van der Waals surface area contributed by atoms with Crippen LogP contribution in [0.25, 0.3) is 21.5 Å². The molecule has 0 bridgehead atoms. The number of nitrogens with one attached hydrogen (secondary N) is 1. The second kappa shape index (κ2) is 6.98. The Morgan fingerprint density at radius 3 is 2.72 bits per heavy atom. The number of fused-ring (bicyclic) bond motifs is 1. The van der Waals surface area contributed by atoms with E-state index in [0.29, 0.717) is 17.8 Å². The number of hydrogen-bond acceptors (Lipinski definition) is 5. The van der Waals surface area contributed by atoms with E-state index in [4.69, 9.17) is 0 Å². The summed E-state index contributed by atoms with van der Waals surface area (Å²) in [5.74, 6) is -0.296. The van der Waals surface area contributed by atoms with Crippen molar-refractivity contribution < 1.29 is 4.79 Å². The molecule has 3 rings (SSSR count). The molecule has 0 fully saturated rings. The number of thiazole rings is 1. The van der Waals surface area contributed by atoms with Crippen LogP contribution in [0.3, 0.4) is 0 Å². The maximum Gasteiger partial charge on any atom is 0.294 e. The van der Waals surface area contributed by atoms with E-state index in [1.165, 1.54) is 16.0 Å². The largest absolute Gasteiger partial charge is 0.351 e. The first kappa shape index (κ1) is 17.0. The topological polar surface area (TPSA) is 76.9 Å². The third-order valence-electron chi connectivity index (χ3n) is 3.67. The van der Waals surface area contributed by atoms with Crippen molar-refractivity contribution in [3.05, 3.63) is 57.8 Å². The van der Waals surface area contributed by atoms with E-state index in [1.807, 2.05) is 38.1 Å². The molecular weight excluding hydrogens is 336 g/mol. The molecule has 0 unspecified atom stereocenters. The average molecular weight is 354 g/mol. The lowest BCUT2D eigenvalue weighted by Gasteiger charge is -2.09. The molecule has 0 atom stereocenters. The van der Waals surface area contributed by atoms with E-state index < -0.39 is 0 Å². The zero-order valence-electron chi connectivity index (χ0n) is 14.1. The Bertz CT molecular complexity index is 1000. The number of carbonyl (C=O) groups is 1. The molecule has 6 nitrogen and oxygen atoms in total. The fourth-order valence-corrected chi connectivity index (χ4v) is 3.37. The van der Waals surface area contributed by atoms with Crippen LogP contribution in [0.4, 0.5) is 0 Å². The molecular formula is C18H18N4O2S. The smallest absolute Gasteiger partial charge is 0.294 e. The van der Waals surface area contributed by atoms with Crippen molar-refractivity contribution in [1.82, 2.24) is 20.1 Å². The number of hydrogen-bond donors (Lipinski definition) is 1. The molecule has 0 aliphatic heterocycles. The van der Waals surface area contributed by atoms with E-state index >= 15 is 0 Å². The van der Waals surface area contributed by atoms with Gasteiger partial charge in [-0.3, -0.25) is 9.59 Å². The molecule has 0 aliphatic carbocycles. The van der Waals surface area contributed by atoms with Gasteiger partial charge in [0.25, 0.3) is 5.56 Å². The molecule has 0 spiro atoms. The third-order valence-corrected chi connectivity index (χ3v) is 4.65. The zero-order chi connectivity index (χ0) is 18.0. The molecule has 25 heavy (non-hydrogen) atoms. The van der Waals surface area contributed by atoms with Crippen LogP contribution in [0.15, 0.2) is 41.7 Å². The highest BCUT2D eigenvalue weighted by molar-refractivity contribution is 7.19. The molecule has 0 saturated heterocycles. The van der Waals surface area contributed by atoms with Gasteiger partial charge in [-0.2, -0.15) is 5.10 Å². The van der Waals surface area contributed by atoms with Gasteiger partial charge in [0.2, 0.25) is 5.91 Å². The normalized spacial score (nSPS) is 10.8. The van der Waals surface area contributed by atoms with Crippen molar-refractivity contribution in [2.45, 2.75) is 20.4 Å². The van der Waals surface area contributed by atoms with Crippen LogP contribution in [0.2, 0.25) is 0 Å². The highest BCUT2D eigenvalue weighted by atomic mass is 32.1. The molecule has 7 heteroatoms. The average Bonchev–Trinajstić information content (AvgIpc) is 2.98. The fourth-order valence-electron chi connectivity index (χ4n) is 2.45. The Balaban J connectivity index is 2.13. The number of benzene rings is 1. The standard InChI is InChI=1S/C18H18N4O2S/c1-4-9-19-14(23)10-22-18(24)16-17(25-12(3)20-16)15(21-22)13-7-5-11(2)6-8-13/h4-8H,1,9-10H2,2-3H3,(H,19,23). The van der Waals surface area contributed by atoms with E-state index in [9.17, 15) is 9.59 Å². The van der Waals surface area contributed by atoms with Gasteiger partial charge < -0.3 is 5.32 Å². The Hall–Kier alpha value is -2.80. The molecule has 2 heterocycles. The Morgan fingerprint density at radius 2 is 2.04 bits per heavy atom. The highest BCUT2D eigenvalue weighted by Crippen LogP contribution is 2.29. The Morgan fingerprint density at radius 1 is 1.32 bits per heavy atom. The maximum atomic E-state index is 12.6. The van der Waals surface area contributed by atoms with Crippen LogP contribution in [0.1, 0.15) is 10.6 Å². The quantitative estimate of drug-likeness (QED) is 0.714. The minimum atomic E-state index is -0.357. The van der Waals surface area contributed by atoms with Crippen LogP contribution in [0, 0.1) is 13.8 Å². The third kappa shape index (κ3) is 3.51. The summed E-state index contributed by atoms with van der Waals surface area (Å²) in [6, 6.07) is 7.89. The lowest BCUT2D eigenvalue weighted by molar-refractivity contribution is -0.121. The summed E-state index contributed by atoms with van der Waals surface area (Å²) >= 11 is 1.43. The predicted molar refractivity (Wildman–Crippen MR) is 99.8 cm³/mol. The summed E-state index contributed by atoms with van der Waals surface area (Å²) in [6.07, 6.45) is 1.58. The van der Waals surface area contributed by atoms with Crippen LogP contribution in [-0.4, -0.2) is 27.2 Å². The Kier molecular flexibility index (Phi) is 4.76. The molecule has 2 aromatic heterocycles. The van der Waals surface area contributed by atoms with Gasteiger partial charge in [0.15, 0.2) is 5.52 Å². The predicted octanol–water partition coefficient (Wildman–Crippen LogP) is 2.44. The van der Waals surface area contributed by atoms with Crippen molar-refractivity contribution in [1.29, 1.82) is 0 Å². The molecule has 0 saturated carbocycles. The maximum absolute atomic E-state index is 12.6. The molecule has 128 valence electrons. The number of rotatable bonds is 5. The SMILES string of the molecule is C=CCNC(=O)Cn1nc(-c2ccc(C)cc2)c2sc(C)nc2c1=O. The second-order valence-corrected chi connectivity index (χ2v) is 6.88. The van der Waals surface area contributed by atoms with Crippen LogP contribution >= 0.6 is 11.3 Å². The summed E-state index contributed by atoms with van der Waals surface area (Å²) in [7, 11) is 0. The summed E-state index contributed by atoms with van der Waals surface area (Å²) in [5.41, 5.74) is 2.68. The van der Waals surface area contributed by atoms with Gasteiger partial charge in [-0.25, -0.2) is 9.67 Å². The number of aromatic nitrogens is 3. The molecule has 1 N–H and O–H groups in total. The summed E-state index contributed by atoms with van der Waals surface area (Å²) in [6.45, 7) is 7.60. The molecule has 1 amide bonds. The molecule has 1 aromatic carbocycles. The van der Waals surface area contributed by atoms with Gasteiger partial charge in [0, 0.05) is 12.1 Å². The lowest BCUT2D eigenvalue weighted by atomic mass is 10.1. The van der Waals surface area contributed by atoms with Crippen LogP contribution in [0.5, 0.6) is 0 Å². The summed E-state index contributed by atoms with van der Waals surface area (Å²) in [4.78, 5) is 29.0. The minimum Gasteiger partial charge on any atom is -0.351 e. The first-order chi connectivity index (χ1) is 12.0. The first-order valence-corrected chi connectivity index (χ1v) is 8.64. The minimum absolute atomic E-state index is 0.155. The first-order valence-electron chi connectivity index (χ1n) is 7.82. The highest BCUT2D eigenvalue weighted by Gasteiger charge is 2.17. The number of amides is 1. The van der Waals surface area contributed by atoms with Gasteiger partial charge >= 0.3 is 0 Å². The van der Waals surface area contributed by atoms with Gasteiger partial charge in [-0.15, -0.1) is 17.9 Å². The zero-order valence-corrected chi connectivity index (χ0v) is 14.9. The number of nitrogens with zero attached hydrogens (tertiary/aromatic N) is 3. The second-order valence-electron chi connectivity index (χ2n) is 5.68. The summed E-state index contributed by atoms with van der Waals surface area (Å²) < 4.78 is 1.92. The van der Waals surface area contributed by atoms with Crippen molar-refractivity contribution in [3.63, 3.8) is 0 Å². The van der Waals surface area contributed by atoms with Crippen molar-refractivity contribution in [3.8, 4) is 11.3 Å². The Labute approximate surface area is 148 Å². The fraction of sp³-hybridized carbons (Fsp3) is 0.222. The molecule has 0 radical (unpaired) electrons. The van der Waals surface area contributed by atoms with Crippen molar-refractivity contribution >= 4 is 27.5 Å². The summed E-state index contributed by atoms with van der Waals surface area (Å²) in [5, 5.41) is 7.89. The van der Waals surface area contributed by atoms with Crippen molar-refractivity contribution in [2.75, 3.05) is 6.54 Å². The number of aryl methyl sites for hydroxylation is 2. The molecule has 3 aromatic rings. The van der Waals surface area contributed by atoms with Gasteiger partial charge in [-0.05, 0) is 13.8 Å². The van der Waals surface area contributed by atoms with E-state index in [-0.39, 0.29) is 18.0 Å². The number of carbonyl (C=O) groups excluding carboxylic acids is 1. The van der Waals surface area contributed by atoms with Gasteiger partial charge in [-0.1, -0.05) is 35.9 Å². The monoisotopic (exact) mass is 354 g/mol. The molecule has 0 aliphatic rings. The van der Waals surface area contributed by atoms with E-state index in [0.717, 1.165) is 20.8 Å². The van der Waals surface area contributed by atoms with E-state index in [1.54, 1.807) is 6.08 Å².